The topological polar surface area (TPSA) is 56.2 Å². The second kappa shape index (κ2) is 5.33. The summed E-state index contributed by atoms with van der Waals surface area (Å²) in [5.41, 5.74) is 3.52. The number of hydrogen-bond donors (Lipinski definition) is 1. The number of carbonyl (C=O) groups is 1. The van der Waals surface area contributed by atoms with Gasteiger partial charge in [-0.15, -0.1) is 0 Å². The van der Waals surface area contributed by atoms with Gasteiger partial charge in [0, 0.05) is 24.4 Å². The van der Waals surface area contributed by atoms with Gasteiger partial charge in [-0.1, -0.05) is 6.92 Å². The van der Waals surface area contributed by atoms with Crippen LogP contribution in [0.25, 0.3) is 0 Å². The molecule has 1 atom stereocenters. The first-order valence-corrected chi connectivity index (χ1v) is 7.19. The quantitative estimate of drug-likeness (QED) is 0.824. The minimum Gasteiger partial charge on any atom is -0.331 e. The van der Waals surface area contributed by atoms with E-state index in [0.29, 0.717) is 24.9 Å². The molecule has 19 heavy (non-hydrogen) atoms. The molecule has 2 aliphatic rings. The molecule has 1 saturated carbocycles. The number of imidazole rings is 1. The van der Waals surface area contributed by atoms with Crippen LogP contribution in [0.5, 0.6) is 0 Å². The molecule has 1 unspecified atom stereocenters. The molecule has 5 nitrogen and oxygen atoms in total. The Hall–Kier alpha value is -1.36. The van der Waals surface area contributed by atoms with Gasteiger partial charge in [0.2, 0.25) is 5.91 Å². The molecule has 0 radical (unpaired) electrons. The number of carbonyl (C=O) groups excluding carboxylic acids is 1. The second-order valence-electron chi connectivity index (χ2n) is 5.76. The van der Waals surface area contributed by atoms with Gasteiger partial charge in [-0.05, 0) is 31.6 Å². The molecule has 0 saturated heterocycles. The fourth-order valence-corrected chi connectivity index (χ4v) is 2.63. The standard InChI is InChI=1S/C14H21N3O2/c1-10-3-2-6-17-12(8-15-14(10)17)7-13(18)16-19-9-11-4-5-11/h8,10-11H,2-7,9H2,1H3,(H,16,18). The lowest BCUT2D eigenvalue weighted by atomic mass is 10.0. The van der Waals surface area contributed by atoms with Crippen molar-refractivity contribution in [2.45, 2.75) is 51.5 Å². The molecule has 1 aromatic heterocycles. The first-order chi connectivity index (χ1) is 9.24. The molecule has 3 rings (SSSR count). The van der Waals surface area contributed by atoms with Crippen LogP contribution in [0.2, 0.25) is 0 Å². The average molecular weight is 263 g/mol. The van der Waals surface area contributed by atoms with Crippen molar-refractivity contribution >= 4 is 5.91 Å². The fourth-order valence-electron chi connectivity index (χ4n) is 2.63. The van der Waals surface area contributed by atoms with Gasteiger partial charge in [0.05, 0.1) is 13.0 Å². The van der Waals surface area contributed by atoms with Gasteiger partial charge in [-0.2, -0.15) is 0 Å². The predicted octanol–water partition coefficient (Wildman–Crippen LogP) is 1.78. The normalized spacial score (nSPS) is 22.1. The number of rotatable bonds is 5. The van der Waals surface area contributed by atoms with E-state index in [1.165, 1.54) is 19.3 Å². The van der Waals surface area contributed by atoms with E-state index in [2.05, 4.69) is 22.0 Å². The fraction of sp³-hybridized carbons (Fsp3) is 0.714. The van der Waals surface area contributed by atoms with Crippen LogP contribution in [0.3, 0.4) is 0 Å². The Kier molecular flexibility index (Phi) is 3.55. The van der Waals surface area contributed by atoms with E-state index < -0.39 is 0 Å². The van der Waals surface area contributed by atoms with Crippen LogP contribution < -0.4 is 5.48 Å². The number of hydrogen-bond acceptors (Lipinski definition) is 3. The van der Waals surface area contributed by atoms with Gasteiger partial charge in [0.25, 0.3) is 0 Å². The average Bonchev–Trinajstić information content (AvgIpc) is 3.12. The number of amides is 1. The minimum atomic E-state index is -0.0819. The van der Waals surface area contributed by atoms with E-state index in [0.717, 1.165) is 24.5 Å². The van der Waals surface area contributed by atoms with Crippen LogP contribution in [0.4, 0.5) is 0 Å². The van der Waals surface area contributed by atoms with Gasteiger partial charge < -0.3 is 4.57 Å². The Bertz CT molecular complexity index is 465. The number of hydroxylamine groups is 1. The molecule has 1 N–H and O–H groups in total. The van der Waals surface area contributed by atoms with Crippen molar-refractivity contribution in [2.24, 2.45) is 5.92 Å². The summed E-state index contributed by atoms with van der Waals surface area (Å²) < 4.78 is 2.19. The highest BCUT2D eigenvalue weighted by Gasteiger charge is 2.23. The van der Waals surface area contributed by atoms with Crippen molar-refractivity contribution in [2.75, 3.05) is 6.61 Å². The lowest BCUT2D eigenvalue weighted by molar-refractivity contribution is -0.133. The number of nitrogens with one attached hydrogen (secondary N) is 1. The summed E-state index contributed by atoms with van der Waals surface area (Å²) in [5, 5.41) is 0. The molecule has 104 valence electrons. The molecule has 1 fully saturated rings. The summed E-state index contributed by atoms with van der Waals surface area (Å²) >= 11 is 0. The highest BCUT2D eigenvalue weighted by Crippen LogP contribution is 2.28. The molecule has 2 heterocycles. The second-order valence-corrected chi connectivity index (χ2v) is 5.76. The van der Waals surface area contributed by atoms with Crippen LogP contribution in [0.1, 0.15) is 50.0 Å². The molecule has 5 heteroatoms. The van der Waals surface area contributed by atoms with Crippen LogP contribution in [0, 0.1) is 5.92 Å². The van der Waals surface area contributed by atoms with Crippen LogP contribution in [-0.2, 0) is 22.6 Å². The van der Waals surface area contributed by atoms with E-state index in [4.69, 9.17) is 4.84 Å². The van der Waals surface area contributed by atoms with Crippen LogP contribution >= 0.6 is 0 Å². The summed E-state index contributed by atoms with van der Waals surface area (Å²) in [6, 6.07) is 0. The van der Waals surface area contributed by atoms with Crippen molar-refractivity contribution in [3.63, 3.8) is 0 Å². The Balaban J connectivity index is 1.55. The summed E-state index contributed by atoms with van der Waals surface area (Å²) in [6.45, 7) is 3.82. The summed E-state index contributed by atoms with van der Waals surface area (Å²) in [4.78, 5) is 21.5. The zero-order chi connectivity index (χ0) is 13.2. The largest absolute Gasteiger partial charge is 0.331 e. The van der Waals surface area contributed by atoms with Crippen molar-refractivity contribution in [1.82, 2.24) is 15.0 Å². The molecular formula is C14H21N3O2. The van der Waals surface area contributed by atoms with Gasteiger partial charge in [-0.25, -0.2) is 10.5 Å². The Morgan fingerprint density at radius 2 is 2.37 bits per heavy atom. The zero-order valence-electron chi connectivity index (χ0n) is 11.4. The Morgan fingerprint density at radius 1 is 1.53 bits per heavy atom. The number of nitrogens with zero attached hydrogens (tertiary/aromatic N) is 2. The Morgan fingerprint density at radius 3 is 3.16 bits per heavy atom. The molecule has 1 aromatic rings. The number of aromatic nitrogens is 2. The summed E-state index contributed by atoms with van der Waals surface area (Å²) in [5.74, 6) is 2.19. The SMILES string of the molecule is CC1CCCn2c(CC(=O)NOCC3CC3)cnc21. The van der Waals surface area contributed by atoms with Crippen molar-refractivity contribution in [1.29, 1.82) is 0 Å². The lowest BCUT2D eigenvalue weighted by Crippen LogP contribution is -2.27. The van der Waals surface area contributed by atoms with E-state index >= 15 is 0 Å². The molecule has 1 amide bonds. The summed E-state index contributed by atoms with van der Waals surface area (Å²) in [7, 11) is 0. The summed E-state index contributed by atoms with van der Waals surface area (Å²) in [6.07, 6.45) is 6.99. The first-order valence-electron chi connectivity index (χ1n) is 7.19. The molecular weight excluding hydrogens is 242 g/mol. The molecule has 0 aromatic carbocycles. The van der Waals surface area contributed by atoms with Crippen LogP contribution in [0.15, 0.2) is 6.20 Å². The van der Waals surface area contributed by atoms with E-state index in [1.807, 2.05) is 6.20 Å². The monoisotopic (exact) mass is 263 g/mol. The smallest absolute Gasteiger partial charge is 0.249 e. The van der Waals surface area contributed by atoms with Crippen molar-refractivity contribution in [3.05, 3.63) is 17.7 Å². The molecule has 1 aliphatic carbocycles. The lowest BCUT2D eigenvalue weighted by Gasteiger charge is -2.21. The highest BCUT2D eigenvalue weighted by atomic mass is 16.7. The van der Waals surface area contributed by atoms with E-state index in [1.54, 1.807) is 0 Å². The van der Waals surface area contributed by atoms with E-state index in [9.17, 15) is 4.79 Å². The van der Waals surface area contributed by atoms with Crippen LogP contribution in [-0.4, -0.2) is 22.1 Å². The maximum absolute atomic E-state index is 11.8. The number of fused-ring (bicyclic) bond motifs is 1. The minimum absolute atomic E-state index is 0.0819. The first kappa shape index (κ1) is 12.7. The van der Waals surface area contributed by atoms with Crippen molar-refractivity contribution in [3.8, 4) is 0 Å². The van der Waals surface area contributed by atoms with Gasteiger partial charge in [0.15, 0.2) is 0 Å². The molecule has 1 aliphatic heterocycles. The van der Waals surface area contributed by atoms with Gasteiger partial charge in [-0.3, -0.25) is 9.63 Å². The van der Waals surface area contributed by atoms with Crippen molar-refractivity contribution < 1.29 is 9.63 Å². The molecule has 0 spiro atoms. The zero-order valence-corrected chi connectivity index (χ0v) is 11.4. The third-order valence-corrected chi connectivity index (χ3v) is 3.97. The third-order valence-electron chi connectivity index (χ3n) is 3.97. The maximum Gasteiger partial charge on any atom is 0.249 e. The van der Waals surface area contributed by atoms with Gasteiger partial charge >= 0.3 is 0 Å². The molecule has 0 bridgehead atoms. The highest BCUT2D eigenvalue weighted by molar-refractivity contribution is 5.77. The third kappa shape index (κ3) is 2.97. The van der Waals surface area contributed by atoms with Gasteiger partial charge in [0.1, 0.15) is 5.82 Å². The Labute approximate surface area is 113 Å². The maximum atomic E-state index is 11.8. The van der Waals surface area contributed by atoms with E-state index in [-0.39, 0.29) is 5.91 Å². The predicted molar refractivity (Wildman–Crippen MR) is 70.4 cm³/mol.